The summed E-state index contributed by atoms with van der Waals surface area (Å²) >= 11 is 0. The fraction of sp³-hybridized carbons (Fsp3) is 0.0526. The molecule has 1 aliphatic rings. The topological polar surface area (TPSA) is 29.5 Å². The van der Waals surface area contributed by atoms with E-state index in [-0.39, 0.29) is 29.2 Å². The van der Waals surface area contributed by atoms with Gasteiger partial charge in [-0.3, -0.25) is 0 Å². The molecule has 10 heteroatoms. The molecule has 4 rings (SSSR count). The number of fused-ring (bicyclic) bond motifs is 3. The van der Waals surface area contributed by atoms with E-state index in [0.717, 1.165) is 6.07 Å². The molecule has 29 heavy (non-hydrogen) atoms. The van der Waals surface area contributed by atoms with E-state index in [1.54, 1.807) is 0 Å². The van der Waals surface area contributed by atoms with Crippen molar-refractivity contribution in [2.75, 3.05) is 0 Å². The highest BCUT2D eigenvalue weighted by molar-refractivity contribution is 6.61. The van der Waals surface area contributed by atoms with Crippen molar-refractivity contribution in [2.45, 2.75) is 6.42 Å². The van der Waals surface area contributed by atoms with Crippen molar-refractivity contribution in [3.8, 4) is 16.9 Å². The first-order chi connectivity index (χ1) is 13.7. The average molecular weight is 412 g/mol. The Morgan fingerprint density at radius 1 is 0.793 bits per heavy atom. The molecule has 0 fully saturated rings. The van der Waals surface area contributed by atoms with Crippen molar-refractivity contribution in [1.82, 2.24) is 0 Å². The van der Waals surface area contributed by atoms with Crippen LogP contribution in [0.25, 0.3) is 11.1 Å². The number of hydrogen-bond donors (Lipinski definition) is 1. The lowest BCUT2D eigenvalue weighted by Crippen LogP contribution is -2.42. The number of rotatable bonds is 3. The van der Waals surface area contributed by atoms with Gasteiger partial charge in [-0.15, -0.1) is 0 Å². The van der Waals surface area contributed by atoms with E-state index in [4.69, 9.17) is 4.65 Å². The maximum atomic E-state index is 14.5. The lowest BCUT2D eigenvalue weighted by atomic mass is 9.74. The van der Waals surface area contributed by atoms with Crippen molar-refractivity contribution >= 4 is 12.6 Å². The fourth-order valence-electron chi connectivity index (χ4n) is 3.41. The lowest BCUT2D eigenvalue weighted by Gasteiger charge is -2.16. The van der Waals surface area contributed by atoms with Gasteiger partial charge in [-0.05, 0) is 23.6 Å². The lowest BCUT2D eigenvalue weighted by molar-refractivity contribution is 0.390. The third-order valence-corrected chi connectivity index (χ3v) is 4.63. The van der Waals surface area contributed by atoms with Gasteiger partial charge in [0.1, 0.15) is 17.4 Å². The first-order valence-corrected chi connectivity index (χ1v) is 8.17. The van der Waals surface area contributed by atoms with E-state index in [1.807, 2.05) is 0 Å². The molecule has 0 heterocycles. The van der Waals surface area contributed by atoms with Gasteiger partial charge in [0.05, 0.1) is 0 Å². The highest BCUT2D eigenvalue weighted by Crippen LogP contribution is 2.40. The summed E-state index contributed by atoms with van der Waals surface area (Å²) in [7, 11) is -2.47. The van der Waals surface area contributed by atoms with Crippen LogP contribution in [-0.2, 0) is 6.42 Å². The van der Waals surface area contributed by atoms with Crippen LogP contribution in [0, 0.1) is 40.7 Å². The second-order valence-electron chi connectivity index (χ2n) is 6.33. The Hall–Kier alpha value is -3.01. The van der Waals surface area contributed by atoms with Gasteiger partial charge in [0.15, 0.2) is 29.1 Å². The predicted molar refractivity (Wildman–Crippen MR) is 89.1 cm³/mol. The van der Waals surface area contributed by atoms with Crippen LogP contribution < -0.4 is 10.1 Å². The molecule has 0 bridgehead atoms. The standard InChI is InChI=1S/C19H8BF7O2/c21-8-5-11(23)16(24)12(6-8)29-20(28)15-9-4-7-2-1-3-10(22)13(7)14(9)17(25)19(27)18(15)26/h1-3,5-6,28H,4H2. The van der Waals surface area contributed by atoms with Crippen molar-refractivity contribution in [2.24, 2.45) is 0 Å². The van der Waals surface area contributed by atoms with Gasteiger partial charge in [0, 0.05) is 28.7 Å². The molecular formula is C19H8BF7O2. The molecule has 0 unspecified atom stereocenters. The molecule has 1 aliphatic carbocycles. The first kappa shape index (κ1) is 19.3. The molecule has 148 valence electrons. The molecule has 0 saturated carbocycles. The van der Waals surface area contributed by atoms with Gasteiger partial charge in [-0.2, -0.15) is 4.39 Å². The molecule has 0 aliphatic heterocycles. The van der Waals surface area contributed by atoms with E-state index in [1.165, 1.54) is 12.1 Å². The van der Waals surface area contributed by atoms with Crippen molar-refractivity contribution in [3.05, 3.63) is 82.2 Å². The highest BCUT2D eigenvalue weighted by Gasteiger charge is 2.39. The quantitative estimate of drug-likeness (QED) is 0.239. The molecule has 0 radical (unpaired) electrons. The van der Waals surface area contributed by atoms with E-state index in [0.29, 0.717) is 6.07 Å². The second kappa shape index (κ2) is 6.80. The summed E-state index contributed by atoms with van der Waals surface area (Å²) in [4.78, 5) is 0. The average Bonchev–Trinajstić information content (AvgIpc) is 3.04. The molecule has 3 aromatic carbocycles. The SMILES string of the molecule is OB(Oc1cc(F)cc(F)c1F)c1c(F)c(F)c(F)c2c1Cc1cccc(F)c1-2. The summed E-state index contributed by atoms with van der Waals surface area (Å²) in [6.45, 7) is 0. The van der Waals surface area contributed by atoms with Gasteiger partial charge >= 0.3 is 7.12 Å². The van der Waals surface area contributed by atoms with Gasteiger partial charge in [-0.25, -0.2) is 26.3 Å². The molecule has 0 amide bonds. The molecule has 3 aromatic rings. The monoisotopic (exact) mass is 412 g/mol. The number of benzene rings is 3. The van der Waals surface area contributed by atoms with Crippen LogP contribution in [0.5, 0.6) is 5.75 Å². The van der Waals surface area contributed by atoms with Gasteiger partial charge < -0.3 is 9.68 Å². The predicted octanol–water partition coefficient (Wildman–Crippen LogP) is 4.00. The third-order valence-electron chi connectivity index (χ3n) is 4.63. The Labute approximate surface area is 159 Å². The van der Waals surface area contributed by atoms with E-state index < -0.39 is 64.6 Å². The zero-order valence-electron chi connectivity index (χ0n) is 14.2. The molecule has 0 spiro atoms. The zero-order valence-corrected chi connectivity index (χ0v) is 14.2. The van der Waals surface area contributed by atoms with Crippen molar-refractivity contribution in [1.29, 1.82) is 0 Å². The van der Waals surface area contributed by atoms with E-state index in [2.05, 4.69) is 0 Å². The second-order valence-corrected chi connectivity index (χ2v) is 6.33. The maximum absolute atomic E-state index is 14.5. The Kier molecular flexibility index (Phi) is 4.53. The van der Waals surface area contributed by atoms with Crippen molar-refractivity contribution < 1.29 is 40.4 Å². The van der Waals surface area contributed by atoms with Gasteiger partial charge in [0.25, 0.3) is 0 Å². The summed E-state index contributed by atoms with van der Waals surface area (Å²) in [6, 6.07) is 4.29. The molecule has 1 N–H and O–H groups in total. The van der Waals surface area contributed by atoms with Crippen LogP contribution in [0.3, 0.4) is 0 Å². The molecular weight excluding hydrogens is 404 g/mol. The van der Waals surface area contributed by atoms with Crippen LogP contribution in [0.15, 0.2) is 30.3 Å². The number of hydrogen-bond acceptors (Lipinski definition) is 2. The Morgan fingerprint density at radius 3 is 2.24 bits per heavy atom. The van der Waals surface area contributed by atoms with Crippen molar-refractivity contribution in [3.63, 3.8) is 0 Å². The largest absolute Gasteiger partial charge is 0.563 e. The molecule has 0 aromatic heterocycles. The molecule has 2 nitrogen and oxygen atoms in total. The summed E-state index contributed by atoms with van der Waals surface area (Å²) < 4.78 is 102. The van der Waals surface area contributed by atoms with Crippen LogP contribution in [0.2, 0.25) is 0 Å². The first-order valence-electron chi connectivity index (χ1n) is 8.17. The minimum absolute atomic E-state index is 0.195. The highest BCUT2D eigenvalue weighted by atomic mass is 19.2. The zero-order chi connectivity index (χ0) is 21.0. The summed E-state index contributed by atoms with van der Waals surface area (Å²) in [5.74, 6) is -12.1. The molecule has 0 atom stereocenters. The summed E-state index contributed by atoms with van der Waals surface area (Å²) in [5, 5.41) is 10.2. The Morgan fingerprint density at radius 2 is 1.52 bits per heavy atom. The normalized spacial score (nSPS) is 12.0. The summed E-state index contributed by atoms with van der Waals surface area (Å²) in [6.07, 6.45) is -0.285. The molecule has 0 saturated heterocycles. The Bertz CT molecular complexity index is 1170. The minimum atomic E-state index is -2.47. The smallest absolute Gasteiger partial charge is 0.530 e. The number of halogens is 7. The van der Waals surface area contributed by atoms with Crippen LogP contribution in [0.1, 0.15) is 11.1 Å². The van der Waals surface area contributed by atoms with E-state index >= 15 is 0 Å². The van der Waals surface area contributed by atoms with Gasteiger partial charge in [0.2, 0.25) is 0 Å². The summed E-state index contributed by atoms with van der Waals surface area (Å²) in [5.41, 5.74) is -1.99. The van der Waals surface area contributed by atoms with Crippen LogP contribution in [-0.4, -0.2) is 12.1 Å². The van der Waals surface area contributed by atoms with Gasteiger partial charge in [-0.1, -0.05) is 12.1 Å². The fourth-order valence-corrected chi connectivity index (χ4v) is 3.41. The Balaban J connectivity index is 1.87. The van der Waals surface area contributed by atoms with Crippen LogP contribution >= 0.6 is 0 Å². The maximum Gasteiger partial charge on any atom is 0.563 e. The minimum Gasteiger partial charge on any atom is -0.530 e. The van der Waals surface area contributed by atoms with Crippen LogP contribution in [0.4, 0.5) is 30.7 Å². The van der Waals surface area contributed by atoms with E-state index in [9.17, 15) is 35.8 Å². The third kappa shape index (κ3) is 2.94.